The maximum atomic E-state index is 12.7. The number of azide groups is 1. The van der Waals surface area contributed by atoms with E-state index in [2.05, 4.69) is 15.3 Å². The fourth-order valence-corrected chi connectivity index (χ4v) is 3.91. The molecule has 1 amide bonds. The molecule has 0 bridgehead atoms. The van der Waals surface area contributed by atoms with E-state index in [1.165, 1.54) is 24.3 Å². The number of nitrogens with two attached hydrogens (primary N) is 1. The van der Waals surface area contributed by atoms with Gasteiger partial charge in [-0.2, -0.15) is 0 Å². The average Bonchev–Trinajstić information content (AvgIpc) is 2.84. The lowest BCUT2D eigenvalue weighted by molar-refractivity contribution is -0.120. The van der Waals surface area contributed by atoms with Crippen molar-refractivity contribution in [2.75, 3.05) is 18.8 Å². The number of carboxylic acids is 1. The molecule has 5 N–H and O–H groups in total. The fraction of sp³-hybridized carbons (Fsp3) is 0.120. The minimum atomic E-state index is -1.26. The predicted molar refractivity (Wildman–Crippen MR) is 131 cm³/mol. The molecule has 0 spiro atoms. The highest BCUT2D eigenvalue weighted by molar-refractivity contribution is 6.11. The lowest BCUT2D eigenvalue weighted by Gasteiger charge is -2.17. The van der Waals surface area contributed by atoms with Gasteiger partial charge in [0.1, 0.15) is 11.3 Å². The Hall–Kier alpha value is -5.15. The summed E-state index contributed by atoms with van der Waals surface area (Å²) < 4.78 is 5.95. The van der Waals surface area contributed by atoms with Gasteiger partial charge in [0, 0.05) is 57.9 Å². The van der Waals surface area contributed by atoms with Crippen LogP contribution in [-0.4, -0.2) is 35.9 Å². The Labute approximate surface area is 203 Å². The molecule has 1 heterocycles. The molecule has 11 nitrogen and oxygen atoms in total. The number of nitrogen functional groups attached to an aromatic ring is 1. The summed E-state index contributed by atoms with van der Waals surface area (Å²) in [6, 6.07) is 14.0. The van der Waals surface area contributed by atoms with E-state index in [1.54, 1.807) is 30.3 Å². The number of carboxylic acid groups (broad SMARTS) is 1. The van der Waals surface area contributed by atoms with Crippen molar-refractivity contribution in [3.63, 3.8) is 0 Å². The number of aromatic carboxylic acids is 1. The molecule has 0 atom stereocenters. The number of carbonyl (C=O) groups excluding carboxylic acids is 2. The van der Waals surface area contributed by atoms with Crippen LogP contribution in [0.4, 0.5) is 5.69 Å². The van der Waals surface area contributed by atoms with Gasteiger partial charge in [-0.05, 0) is 41.4 Å². The smallest absolute Gasteiger partial charge is 0.336 e. The van der Waals surface area contributed by atoms with E-state index >= 15 is 0 Å². The van der Waals surface area contributed by atoms with Crippen molar-refractivity contribution in [3.05, 3.63) is 81.5 Å². The van der Waals surface area contributed by atoms with Crippen molar-refractivity contribution in [1.29, 1.82) is 5.41 Å². The molecule has 180 valence electrons. The topological polar surface area (TPSA) is 195 Å². The van der Waals surface area contributed by atoms with E-state index in [4.69, 9.17) is 21.1 Å². The van der Waals surface area contributed by atoms with Crippen LogP contribution in [0.3, 0.4) is 0 Å². The second-order valence-corrected chi connectivity index (χ2v) is 7.91. The summed E-state index contributed by atoms with van der Waals surface area (Å²) in [5, 5.41) is 24.5. The largest absolute Gasteiger partial charge is 0.478 e. The third-order valence-electron chi connectivity index (χ3n) is 5.51. The fourth-order valence-electron chi connectivity index (χ4n) is 3.91. The van der Waals surface area contributed by atoms with Gasteiger partial charge in [-0.1, -0.05) is 17.2 Å². The van der Waals surface area contributed by atoms with Gasteiger partial charge in [0.25, 0.3) is 0 Å². The number of benzene rings is 3. The van der Waals surface area contributed by atoms with Crippen molar-refractivity contribution in [2.45, 2.75) is 6.42 Å². The molecule has 0 aromatic heterocycles. The highest BCUT2D eigenvalue weighted by atomic mass is 16.4. The molecule has 2 aliphatic rings. The summed E-state index contributed by atoms with van der Waals surface area (Å²) in [7, 11) is 0. The normalized spacial score (nSPS) is 10.7. The van der Waals surface area contributed by atoms with Crippen LogP contribution in [0.5, 0.6) is 0 Å². The van der Waals surface area contributed by atoms with Gasteiger partial charge in [0.05, 0.1) is 17.3 Å². The van der Waals surface area contributed by atoms with Crippen LogP contribution < -0.4 is 16.4 Å². The van der Waals surface area contributed by atoms with Gasteiger partial charge in [-0.3, -0.25) is 9.59 Å². The Balaban J connectivity index is 1.80. The van der Waals surface area contributed by atoms with Crippen molar-refractivity contribution in [2.24, 2.45) is 5.11 Å². The second-order valence-electron chi connectivity index (χ2n) is 7.91. The number of rotatable bonds is 8. The zero-order valence-electron chi connectivity index (χ0n) is 18.8. The molecule has 2 aromatic carbocycles. The monoisotopic (exact) mass is 484 g/mol. The highest BCUT2D eigenvalue weighted by Crippen LogP contribution is 2.41. The molecular formula is C25H20N6O5. The number of fused-ring (bicyclic) bond motifs is 2. The van der Waals surface area contributed by atoms with Crippen LogP contribution >= 0.6 is 0 Å². The van der Waals surface area contributed by atoms with E-state index in [9.17, 15) is 19.5 Å². The maximum Gasteiger partial charge on any atom is 0.336 e. The molecule has 1 aliphatic carbocycles. The number of amides is 1. The summed E-state index contributed by atoms with van der Waals surface area (Å²) in [5.41, 5.74) is 16.5. The van der Waals surface area contributed by atoms with Gasteiger partial charge in [0.15, 0.2) is 5.78 Å². The molecule has 0 fully saturated rings. The van der Waals surface area contributed by atoms with Gasteiger partial charge in [-0.15, -0.1) is 0 Å². The predicted octanol–water partition coefficient (Wildman–Crippen LogP) is 3.96. The van der Waals surface area contributed by atoms with Crippen molar-refractivity contribution < 1.29 is 23.9 Å². The van der Waals surface area contributed by atoms with Gasteiger partial charge in [-0.25, -0.2) is 4.79 Å². The van der Waals surface area contributed by atoms with Crippen LogP contribution in [0.1, 0.15) is 27.1 Å². The average molecular weight is 484 g/mol. The molecule has 2 aromatic rings. The van der Waals surface area contributed by atoms with Crippen LogP contribution in [0.15, 0.2) is 64.1 Å². The van der Waals surface area contributed by atoms with Crippen LogP contribution in [-0.2, 0) is 4.79 Å². The number of nitrogens with one attached hydrogen (secondary N) is 2. The van der Waals surface area contributed by atoms with Crippen molar-refractivity contribution >= 4 is 34.3 Å². The molecule has 0 saturated carbocycles. The lowest BCUT2D eigenvalue weighted by Crippen LogP contribution is -2.28. The second kappa shape index (κ2) is 10.00. The Morgan fingerprint density at radius 3 is 2.61 bits per heavy atom. The molecular weight excluding hydrogens is 464 g/mol. The molecule has 0 radical (unpaired) electrons. The molecule has 36 heavy (non-hydrogen) atoms. The summed E-state index contributed by atoms with van der Waals surface area (Å²) >= 11 is 0. The Kier molecular flexibility index (Phi) is 6.66. The lowest BCUT2D eigenvalue weighted by atomic mass is 9.89. The first kappa shape index (κ1) is 24.0. The third kappa shape index (κ3) is 4.86. The van der Waals surface area contributed by atoms with Gasteiger partial charge in [0.2, 0.25) is 5.91 Å². The van der Waals surface area contributed by atoms with Gasteiger partial charge < -0.3 is 26.0 Å². The SMILES string of the molecule is [N-]=[N+]=NCCNC(=O)CC(=O)c1ccc(-c2c3ccc(=N)cc-3oc3cc(N)ccc23)c(C(=O)O)c1. The quantitative estimate of drug-likeness (QED) is 0.0426. The highest BCUT2D eigenvalue weighted by Gasteiger charge is 2.23. The summed E-state index contributed by atoms with van der Waals surface area (Å²) in [6.45, 7) is 0.131. The Bertz CT molecular complexity index is 1600. The maximum absolute atomic E-state index is 12.7. The minimum absolute atomic E-state index is 0.0485. The molecule has 1 aliphatic heterocycles. The number of ketones is 1. The first-order valence-corrected chi connectivity index (χ1v) is 10.8. The standard InChI is InChI=1S/C25H20N6O5/c26-14-2-5-17-21(10-14)36-22-11-15(27)3-6-18(22)24(17)16-4-1-13(9-19(16)25(34)35)20(32)12-23(33)29-7-8-30-31-28/h1-6,9-11,26H,7-8,12,27H2,(H,29,33)(H,34,35). The number of hydrogen-bond acceptors (Lipinski definition) is 7. The third-order valence-corrected chi connectivity index (χ3v) is 5.51. The van der Waals surface area contributed by atoms with E-state index in [0.29, 0.717) is 39.1 Å². The van der Waals surface area contributed by atoms with Crippen LogP contribution in [0.2, 0.25) is 0 Å². The number of anilines is 1. The molecule has 11 heteroatoms. The number of Topliss-reactive ketones (excluding diaryl/α,β-unsaturated/α-hetero) is 1. The molecule has 0 unspecified atom stereocenters. The van der Waals surface area contributed by atoms with E-state index in [-0.39, 0.29) is 29.6 Å². The van der Waals surface area contributed by atoms with E-state index < -0.39 is 24.1 Å². The first-order chi connectivity index (χ1) is 17.3. The minimum Gasteiger partial charge on any atom is -0.478 e. The Morgan fingerprint density at radius 1 is 1.08 bits per heavy atom. The van der Waals surface area contributed by atoms with Crippen LogP contribution in [0.25, 0.3) is 43.9 Å². The molecule has 4 rings (SSSR count). The number of nitrogens with zero attached hydrogens (tertiary/aromatic N) is 3. The zero-order chi connectivity index (χ0) is 25.8. The number of carbonyl (C=O) groups is 3. The van der Waals surface area contributed by atoms with Crippen molar-refractivity contribution in [1.82, 2.24) is 5.32 Å². The summed E-state index contributed by atoms with van der Waals surface area (Å²) in [6.07, 6.45) is -0.490. The van der Waals surface area contributed by atoms with Crippen molar-refractivity contribution in [3.8, 4) is 22.5 Å². The van der Waals surface area contributed by atoms with E-state index in [0.717, 1.165) is 0 Å². The van der Waals surface area contributed by atoms with Crippen LogP contribution in [0, 0.1) is 5.41 Å². The molecule has 0 saturated heterocycles. The summed E-state index contributed by atoms with van der Waals surface area (Å²) in [5.74, 6) is -2.01. The van der Waals surface area contributed by atoms with E-state index in [1.807, 2.05) is 0 Å². The summed E-state index contributed by atoms with van der Waals surface area (Å²) in [4.78, 5) is 39.6. The zero-order valence-corrected chi connectivity index (χ0v) is 18.8. The number of hydrogen-bond donors (Lipinski definition) is 4. The first-order valence-electron chi connectivity index (χ1n) is 10.8. The van der Waals surface area contributed by atoms with Gasteiger partial charge >= 0.3 is 5.97 Å². The Morgan fingerprint density at radius 2 is 1.86 bits per heavy atom.